The second-order valence-electron chi connectivity index (χ2n) is 8.04. The van der Waals surface area contributed by atoms with Crippen LogP contribution in [0.1, 0.15) is 21.5 Å². The predicted octanol–water partition coefficient (Wildman–Crippen LogP) is 5.61. The summed E-state index contributed by atoms with van der Waals surface area (Å²) >= 11 is 12.0. The van der Waals surface area contributed by atoms with Crippen molar-refractivity contribution in [3.05, 3.63) is 99.8 Å². The quantitative estimate of drug-likeness (QED) is 0.325. The molecule has 0 aliphatic carbocycles. The first-order valence-corrected chi connectivity index (χ1v) is 11.5. The van der Waals surface area contributed by atoms with Gasteiger partial charge in [0.05, 0.1) is 15.6 Å². The maximum absolute atomic E-state index is 12.5. The number of aryl methyl sites for hydroxylation is 1. The van der Waals surface area contributed by atoms with E-state index in [1.54, 1.807) is 24.4 Å². The Hall–Kier alpha value is -3.94. The van der Waals surface area contributed by atoms with Gasteiger partial charge in [0.25, 0.3) is 5.91 Å². The average molecular weight is 503 g/mol. The van der Waals surface area contributed by atoms with E-state index in [4.69, 9.17) is 33.9 Å². The molecule has 3 aromatic heterocycles. The van der Waals surface area contributed by atoms with Crippen molar-refractivity contribution < 1.29 is 4.79 Å². The summed E-state index contributed by atoms with van der Waals surface area (Å²) in [5.41, 5.74) is 11.6. The third-order valence-corrected chi connectivity index (χ3v) is 6.28. The largest absolute Gasteiger partial charge is 0.383 e. The van der Waals surface area contributed by atoms with E-state index in [0.717, 1.165) is 33.5 Å². The van der Waals surface area contributed by atoms with E-state index in [1.165, 1.54) is 0 Å². The summed E-state index contributed by atoms with van der Waals surface area (Å²) in [7, 11) is 0. The topological polar surface area (TPSA) is 98.7 Å². The Labute approximate surface area is 211 Å². The number of rotatable bonds is 5. The number of hydrogen-bond donors (Lipinski definition) is 2. The van der Waals surface area contributed by atoms with Crippen LogP contribution in [0, 0.1) is 6.92 Å². The fraction of sp³-hybridized carbons (Fsp3) is 0.0769. The molecule has 0 saturated carbocycles. The number of benzene rings is 2. The van der Waals surface area contributed by atoms with E-state index in [9.17, 15) is 4.79 Å². The number of carbonyl (C=O) groups excluding carboxylic acids is 1. The van der Waals surface area contributed by atoms with Crippen LogP contribution in [-0.2, 0) is 6.54 Å². The molecule has 5 aromatic rings. The van der Waals surface area contributed by atoms with Crippen LogP contribution in [0.25, 0.3) is 28.2 Å². The van der Waals surface area contributed by atoms with Crippen molar-refractivity contribution in [1.82, 2.24) is 24.8 Å². The van der Waals surface area contributed by atoms with Crippen molar-refractivity contribution in [2.24, 2.45) is 0 Å². The summed E-state index contributed by atoms with van der Waals surface area (Å²) in [5.74, 6) is 0.814. The first-order chi connectivity index (χ1) is 16.9. The predicted molar refractivity (Wildman–Crippen MR) is 139 cm³/mol. The van der Waals surface area contributed by atoms with Crippen LogP contribution in [0.4, 0.5) is 5.82 Å². The molecule has 7 nitrogen and oxygen atoms in total. The molecule has 0 atom stereocenters. The van der Waals surface area contributed by atoms with Gasteiger partial charge < -0.3 is 11.1 Å². The second kappa shape index (κ2) is 9.37. The van der Waals surface area contributed by atoms with Crippen LogP contribution in [-0.4, -0.2) is 25.4 Å². The summed E-state index contributed by atoms with van der Waals surface area (Å²) in [5, 5.41) is 3.64. The van der Waals surface area contributed by atoms with Gasteiger partial charge in [-0.25, -0.2) is 15.0 Å². The fourth-order valence-corrected chi connectivity index (χ4v) is 4.08. The van der Waals surface area contributed by atoms with Gasteiger partial charge in [-0.15, -0.1) is 0 Å². The van der Waals surface area contributed by atoms with Gasteiger partial charge in [-0.3, -0.25) is 9.36 Å². The number of halogens is 2. The lowest BCUT2D eigenvalue weighted by Gasteiger charge is -2.11. The molecule has 35 heavy (non-hydrogen) atoms. The van der Waals surface area contributed by atoms with Crippen molar-refractivity contribution >= 4 is 46.1 Å². The molecule has 0 saturated heterocycles. The van der Waals surface area contributed by atoms with E-state index >= 15 is 0 Å². The number of aromatic nitrogens is 4. The van der Waals surface area contributed by atoms with Gasteiger partial charge in [0.2, 0.25) is 0 Å². The molecule has 174 valence electrons. The summed E-state index contributed by atoms with van der Waals surface area (Å²) in [6.07, 6.45) is 3.46. The highest BCUT2D eigenvalue weighted by atomic mass is 35.5. The number of pyridine rings is 2. The molecule has 0 radical (unpaired) electrons. The number of imidazole rings is 1. The standard InChI is InChI=1S/C26H20Cl2N6O/c1-15-11-22-25(31-13-15)34(24(33-22)19-3-2-10-30-23(19)29)18-7-4-16(5-8-18)14-32-26(35)17-6-9-20(27)21(28)12-17/h2-13H,14H2,1H3,(H2,29,30)(H,32,35). The Kier molecular flexibility index (Phi) is 6.11. The minimum atomic E-state index is -0.234. The zero-order valence-corrected chi connectivity index (χ0v) is 20.2. The van der Waals surface area contributed by atoms with Crippen molar-refractivity contribution in [1.29, 1.82) is 0 Å². The zero-order chi connectivity index (χ0) is 24.5. The van der Waals surface area contributed by atoms with Crippen molar-refractivity contribution in [3.8, 4) is 17.1 Å². The smallest absolute Gasteiger partial charge is 0.251 e. The van der Waals surface area contributed by atoms with Crippen LogP contribution in [0.2, 0.25) is 10.0 Å². The number of anilines is 1. The fourth-order valence-electron chi connectivity index (χ4n) is 3.78. The molecule has 0 aliphatic rings. The number of nitrogens with zero attached hydrogens (tertiary/aromatic N) is 4. The number of nitrogen functional groups attached to an aromatic ring is 1. The number of nitrogens with one attached hydrogen (secondary N) is 1. The van der Waals surface area contributed by atoms with Gasteiger partial charge >= 0.3 is 0 Å². The summed E-state index contributed by atoms with van der Waals surface area (Å²) < 4.78 is 1.96. The maximum atomic E-state index is 12.5. The molecule has 2 aromatic carbocycles. The molecule has 0 fully saturated rings. The van der Waals surface area contributed by atoms with Crippen molar-refractivity contribution in [2.45, 2.75) is 13.5 Å². The highest BCUT2D eigenvalue weighted by Crippen LogP contribution is 2.30. The molecule has 0 bridgehead atoms. The number of hydrogen-bond acceptors (Lipinski definition) is 5. The first-order valence-electron chi connectivity index (χ1n) is 10.8. The van der Waals surface area contributed by atoms with Crippen LogP contribution in [0.3, 0.4) is 0 Å². The Morgan fingerprint density at radius 3 is 2.57 bits per heavy atom. The highest BCUT2D eigenvalue weighted by molar-refractivity contribution is 6.42. The van der Waals surface area contributed by atoms with Crippen LogP contribution in [0.15, 0.2) is 73.1 Å². The summed E-state index contributed by atoms with van der Waals surface area (Å²) in [6.45, 7) is 2.33. The maximum Gasteiger partial charge on any atom is 0.251 e. The third-order valence-electron chi connectivity index (χ3n) is 5.54. The molecule has 0 spiro atoms. The molecular weight excluding hydrogens is 483 g/mol. The van der Waals surface area contributed by atoms with Crippen molar-refractivity contribution in [3.63, 3.8) is 0 Å². The SMILES string of the molecule is Cc1cnc2c(c1)nc(-c1cccnc1N)n2-c1ccc(CNC(=O)c2ccc(Cl)c(Cl)c2)cc1. The molecule has 0 unspecified atom stereocenters. The Morgan fingerprint density at radius 2 is 1.83 bits per heavy atom. The average Bonchev–Trinajstić information content (AvgIpc) is 3.23. The van der Waals surface area contributed by atoms with Gasteiger partial charge in [0.1, 0.15) is 11.3 Å². The van der Waals surface area contributed by atoms with E-state index in [0.29, 0.717) is 33.8 Å². The molecule has 3 heterocycles. The number of amides is 1. The summed E-state index contributed by atoms with van der Waals surface area (Å²) in [4.78, 5) is 26.1. The highest BCUT2D eigenvalue weighted by Gasteiger charge is 2.18. The van der Waals surface area contributed by atoms with Gasteiger partial charge in [-0.05, 0) is 66.6 Å². The Bertz CT molecular complexity index is 1560. The van der Waals surface area contributed by atoms with Gasteiger partial charge in [0.15, 0.2) is 11.5 Å². The van der Waals surface area contributed by atoms with Crippen molar-refractivity contribution in [2.75, 3.05) is 5.73 Å². The number of fused-ring (bicyclic) bond motifs is 1. The van der Waals surface area contributed by atoms with E-state index < -0.39 is 0 Å². The van der Waals surface area contributed by atoms with E-state index in [1.807, 2.05) is 60.2 Å². The third kappa shape index (κ3) is 4.56. The molecule has 5 rings (SSSR count). The van der Waals surface area contributed by atoms with Crippen LogP contribution in [0.5, 0.6) is 0 Å². The van der Waals surface area contributed by atoms with E-state index in [-0.39, 0.29) is 5.91 Å². The minimum absolute atomic E-state index is 0.234. The summed E-state index contributed by atoms with van der Waals surface area (Å²) in [6, 6.07) is 18.3. The zero-order valence-electron chi connectivity index (χ0n) is 18.7. The molecule has 3 N–H and O–H groups in total. The molecule has 1 amide bonds. The van der Waals surface area contributed by atoms with E-state index in [2.05, 4.69) is 15.3 Å². The van der Waals surface area contributed by atoms with Crippen LogP contribution >= 0.6 is 23.2 Å². The number of carbonyl (C=O) groups is 1. The molecule has 0 aliphatic heterocycles. The minimum Gasteiger partial charge on any atom is -0.383 e. The lowest BCUT2D eigenvalue weighted by molar-refractivity contribution is 0.0951. The number of nitrogens with two attached hydrogens (primary N) is 1. The lowest BCUT2D eigenvalue weighted by Crippen LogP contribution is -2.22. The Balaban J connectivity index is 1.45. The Morgan fingerprint density at radius 1 is 1.03 bits per heavy atom. The van der Waals surface area contributed by atoms with Gasteiger partial charge in [-0.1, -0.05) is 35.3 Å². The first kappa shape index (κ1) is 22.8. The molecular formula is C26H20Cl2N6O. The normalized spacial score (nSPS) is 11.1. The van der Waals surface area contributed by atoms with Gasteiger partial charge in [0, 0.05) is 30.2 Å². The molecule has 9 heteroatoms. The lowest BCUT2D eigenvalue weighted by atomic mass is 10.1. The second-order valence-corrected chi connectivity index (χ2v) is 8.85. The van der Waals surface area contributed by atoms with Crippen LogP contribution < -0.4 is 11.1 Å². The monoisotopic (exact) mass is 502 g/mol. The van der Waals surface area contributed by atoms with Gasteiger partial charge in [-0.2, -0.15) is 0 Å².